The average molecular weight is 185 g/mol. The van der Waals surface area contributed by atoms with E-state index in [-0.39, 0.29) is 5.91 Å². The van der Waals surface area contributed by atoms with Gasteiger partial charge in [0.25, 0.3) is 0 Å². The maximum atomic E-state index is 11.5. The highest BCUT2D eigenvalue weighted by Crippen LogP contribution is 2.27. The number of nitrogens with zero attached hydrogens (tertiary/aromatic N) is 1. The Morgan fingerprint density at radius 2 is 2.08 bits per heavy atom. The highest BCUT2D eigenvalue weighted by Gasteiger charge is 2.35. The zero-order valence-electron chi connectivity index (χ0n) is 7.99. The Morgan fingerprint density at radius 1 is 1.54 bits per heavy atom. The minimum atomic E-state index is -1.04. The standard InChI is InChI=1S/C9H15NO3/c1-3-10(7-4-5-7)8(11)6(2)9(12)13/h6-7H,3-5H2,1-2H3,(H,12,13). The number of hydrogen-bond acceptors (Lipinski definition) is 2. The molecular formula is C9H15NO3. The van der Waals surface area contributed by atoms with Gasteiger partial charge in [-0.2, -0.15) is 0 Å². The summed E-state index contributed by atoms with van der Waals surface area (Å²) in [4.78, 5) is 23.8. The summed E-state index contributed by atoms with van der Waals surface area (Å²) in [6.45, 7) is 3.93. The van der Waals surface area contributed by atoms with E-state index in [0.717, 1.165) is 12.8 Å². The van der Waals surface area contributed by atoms with Gasteiger partial charge in [-0.3, -0.25) is 9.59 Å². The lowest BCUT2D eigenvalue weighted by Gasteiger charge is -2.22. The molecule has 1 aliphatic rings. The molecule has 74 valence electrons. The summed E-state index contributed by atoms with van der Waals surface area (Å²) in [6.07, 6.45) is 2.04. The van der Waals surface area contributed by atoms with Gasteiger partial charge in [-0.05, 0) is 26.7 Å². The second kappa shape index (κ2) is 3.77. The van der Waals surface area contributed by atoms with Crippen LogP contribution in [0.15, 0.2) is 0 Å². The molecule has 1 aliphatic carbocycles. The van der Waals surface area contributed by atoms with Gasteiger partial charge in [0.1, 0.15) is 5.92 Å². The summed E-state index contributed by atoms with van der Waals surface area (Å²) in [5.74, 6) is -2.19. The fourth-order valence-corrected chi connectivity index (χ4v) is 1.33. The number of carboxylic acids is 1. The Labute approximate surface area is 77.5 Å². The summed E-state index contributed by atoms with van der Waals surface area (Å²) in [7, 11) is 0. The molecule has 0 aliphatic heterocycles. The largest absolute Gasteiger partial charge is 0.481 e. The van der Waals surface area contributed by atoms with Crippen LogP contribution in [0.2, 0.25) is 0 Å². The van der Waals surface area contributed by atoms with Crippen LogP contribution >= 0.6 is 0 Å². The van der Waals surface area contributed by atoms with Crippen molar-refractivity contribution in [2.24, 2.45) is 5.92 Å². The smallest absolute Gasteiger partial charge is 0.315 e. The van der Waals surface area contributed by atoms with E-state index < -0.39 is 11.9 Å². The van der Waals surface area contributed by atoms with Crippen LogP contribution in [0.1, 0.15) is 26.7 Å². The zero-order chi connectivity index (χ0) is 10.0. The maximum Gasteiger partial charge on any atom is 0.315 e. The van der Waals surface area contributed by atoms with Gasteiger partial charge in [0.05, 0.1) is 0 Å². The molecule has 0 aromatic rings. The van der Waals surface area contributed by atoms with Crippen molar-refractivity contribution >= 4 is 11.9 Å². The van der Waals surface area contributed by atoms with Crippen LogP contribution in [0.5, 0.6) is 0 Å². The van der Waals surface area contributed by atoms with E-state index >= 15 is 0 Å². The second-order valence-electron chi connectivity index (χ2n) is 3.42. The molecule has 0 bridgehead atoms. The number of carboxylic acid groups (broad SMARTS) is 1. The molecular weight excluding hydrogens is 170 g/mol. The normalized spacial score (nSPS) is 18.0. The predicted octanol–water partition coefficient (Wildman–Crippen LogP) is 0.718. The Balaban J connectivity index is 2.57. The van der Waals surface area contributed by atoms with E-state index in [1.54, 1.807) is 4.90 Å². The highest BCUT2D eigenvalue weighted by molar-refractivity contribution is 5.96. The molecule has 1 saturated carbocycles. The van der Waals surface area contributed by atoms with Gasteiger partial charge in [0.2, 0.25) is 5.91 Å². The number of carbonyl (C=O) groups excluding carboxylic acids is 1. The molecule has 1 rings (SSSR count). The van der Waals surface area contributed by atoms with Crippen LogP contribution < -0.4 is 0 Å². The van der Waals surface area contributed by atoms with Crippen LogP contribution in [0.3, 0.4) is 0 Å². The summed E-state index contributed by atoms with van der Waals surface area (Å²) in [5.41, 5.74) is 0. The summed E-state index contributed by atoms with van der Waals surface area (Å²) >= 11 is 0. The average Bonchev–Trinajstić information content (AvgIpc) is 2.88. The molecule has 13 heavy (non-hydrogen) atoms. The third-order valence-corrected chi connectivity index (χ3v) is 2.35. The molecule has 0 heterocycles. The van der Waals surface area contributed by atoms with Gasteiger partial charge in [-0.25, -0.2) is 0 Å². The van der Waals surface area contributed by atoms with Crippen molar-refractivity contribution in [3.05, 3.63) is 0 Å². The molecule has 4 nitrogen and oxygen atoms in total. The van der Waals surface area contributed by atoms with E-state index in [9.17, 15) is 9.59 Å². The number of carbonyl (C=O) groups is 2. The van der Waals surface area contributed by atoms with Gasteiger partial charge < -0.3 is 10.0 Å². The molecule has 0 aromatic heterocycles. The second-order valence-corrected chi connectivity index (χ2v) is 3.42. The van der Waals surface area contributed by atoms with Crippen molar-refractivity contribution < 1.29 is 14.7 Å². The van der Waals surface area contributed by atoms with Gasteiger partial charge in [-0.15, -0.1) is 0 Å². The molecule has 0 spiro atoms. The fraction of sp³-hybridized carbons (Fsp3) is 0.778. The fourth-order valence-electron chi connectivity index (χ4n) is 1.33. The van der Waals surface area contributed by atoms with Crippen molar-refractivity contribution in [1.82, 2.24) is 4.90 Å². The van der Waals surface area contributed by atoms with Gasteiger partial charge in [-0.1, -0.05) is 0 Å². The first-order chi connectivity index (χ1) is 6.07. The lowest BCUT2D eigenvalue weighted by Crippen LogP contribution is -2.39. The van der Waals surface area contributed by atoms with E-state index in [1.165, 1.54) is 6.92 Å². The third kappa shape index (κ3) is 2.20. The van der Waals surface area contributed by atoms with Gasteiger partial charge >= 0.3 is 5.97 Å². The monoisotopic (exact) mass is 185 g/mol. The Morgan fingerprint density at radius 3 is 2.38 bits per heavy atom. The van der Waals surface area contributed by atoms with Crippen LogP contribution in [0.4, 0.5) is 0 Å². The topological polar surface area (TPSA) is 57.6 Å². The number of hydrogen-bond donors (Lipinski definition) is 1. The molecule has 1 unspecified atom stereocenters. The minimum absolute atomic E-state index is 0.252. The van der Waals surface area contributed by atoms with E-state index in [0.29, 0.717) is 12.6 Å². The summed E-state index contributed by atoms with van der Waals surface area (Å²) < 4.78 is 0. The number of aliphatic carboxylic acids is 1. The Kier molecular flexibility index (Phi) is 2.90. The van der Waals surface area contributed by atoms with Crippen LogP contribution in [0, 0.1) is 5.92 Å². The summed E-state index contributed by atoms with van der Waals surface area (Å²) in [6, 6.07) is 0.305. The van der Waals surface area contributed by atoms with Gasteiger partial charge in [0, 0.05) is 12.6 Å². The molecule has 1 amide bonds. The first kappa shape index (κ1) is 10.0. The van der Waals surface area contributed by atoms with Crippen LogP contribution in [-0.2, 0) is 9.59 Å². The molecule has 1 atom stereocenters. The van der Waals surface area contributed by atoms with Gasteiger partial charge in [0.15, 0.2) is 0 Å². The van der Waals surface area contributed by atoms with Crippen molar-refractivity contribution in [2.75, 3.05) is 6.54 Å². The molecule has 0 radical (unpaired) electrons. The predicted molar refractivity (Wildman–Crippen MR) is 47.2 cm³/mol. The lowest BCUT2D eigenvalue weighted by molar-refractivity contribution is -0.150. The lowest BCUT2D eigenvalue weighted by atomic mass is 10.1. The zero-order valence-corrected chi connectivity index (χ0v) is 7.99. The Hall–Kier alpha value is -1.06. The molecule has 1 N–H and O–H groups in total. The van der Waals surface area contributed by atoms with E-state index in [1.807, 2.05) is 6.92 Å². The third-order valence-electron chi connectivity index (χ3n) is 2.35. The Bertz CT molecular complexity index is 223. The van der Waals surface area contributed by atoms with Crippen molar-refractivity contribution in [2.45, 2.75) is 32.7 Å². The molecule has 1 fully saturated rings. The first-order valence-corrected chi connectivity index (χ1v) is 4.61. The number of rotatable bonds is 4. The summed E-state index contributed by atoms with van der Waals surface area (Å²) in [5, 5.41) is 8.65. The molecule has 0 aromatic carbocycles. The SMILES string of the molecule is CCN(C(=O)C(C)C(=O)O)C1CC1. The first-order valence-electron chi connectivity index (χ1n) is 4.61. The molecule has 4 heteroatoms. The van der Waals surface area contributed by atoms with Crippen LogP contribution in [-0.4, -0.2) is 34.5 Å². The number of amides is 1. The van der Waals surface area contributed by atoms with Crippen molar-refractivity contribution in [1.29, 1.82) is 0 Å². The van der Waals surface area contributed by atoms with E-state index in [4.69, 9.17) is 5.11 Å². The maximum absolute atomic E-state index is 11.5. The molecule has 0 saturated heterocycles. The quantitative estimate of drug-likeness (QED) is 0.656. The van der Waals surface area contributed by atoms with Crippen molar-refractivity contribution in [3.8, 4) is 0 Å². The highest BCUT2D eigenvalue weighted by atomic mass is 16.4. The minimum Gasteiger partial charge on any atom is -0.481 e. The van der Waals surface area contributed by atoms with Crippen LogP contribution in [0.25, 0.3) is 0 Å². The van der Waals surface area contributed by atoms with E-state index in [2.05, 4.69) is 0 Å². The van der Waals surface area contributed by atoms with Crippen molar-refractivity contribution in [3.63, 3.8) is 0 Å².